The summed E-state index contributed by atoms with van der Waals surface area (Å²) in [5.41, 5.74) is 1.02. The lowest BCUT2D eigenvalue weighted by Gasteiger charge is -2.27. The van der Waals surface area contributed by atoms with Crippen LogP contribution in [-0.4, -0.2) is 51.9 Å². The van der Waals surface area contributed by atoms with Crippen molar-refractivity contribution >= 4 is 33.2 Å². The Morgan fingerprint density at radius 2 is 1.77 bits per heavy atom. The average Bonchev–Trinajstić information content (AvgIpc) is 2.78. The molecule has 0 aromatic heterocycles. The summed E-state index contributed by atoms with van der Waals surface area (Å²) in [4.78, 5) is 15.2. The molecule has 6 nitrogen and oxygen atoms in total. The standard InChI is InChI=1S/C23H30ClN3O3S/c1-19-21(24)12-8-13-22(19)27(31(29,30)20-10-4-2-5-11-20)18-23(28)25-14-9-17-26-15-6-3-7-16-26/h2,4-5,8,10-13H,3,6-7,9,14-18H2,1H3,(H,25,28). The van der Waals surface area contributed by atoms with Gasteiger partial charge in [0.1, 0.15) is 6.54 Å². The summed E-state index contributed by atoms with van der Waals surface area (Å²) in [5, 5.41) is 3.33. The van der Waals surface area contributed by atoms with Crippen LogP contribution in [0.3, 0.4) is 0 Å². The molecule has 1 saturated heterocycles. The zero-order chi connectivity index (χ0) is 22.3. The fourth-order valence-corrected chi connectivity index (χ4v) is 5.45. The van der Waals surface area contributed by atoms with Crippen LogP contribution in [0.2, 0.25) is 5.02 Å². The third-order valence-electron chi connectivity index (χ3n) is 5.55. The van der Waals surface area contributed by atoms with Crippen molar-refractivity contribution in [1.29, 1.82) is 0 Å². The summed E-state index contributed by atoms with van der Waals surface area (Å²) in [6, 6.07) is 13.2. The molecule has 0 aliphatic carbocycles. The van der Waals surface area contributed by atoms with Crippen molar-refractivity contribution in [2.75, 3.05) is 37.0 Å². The molecule has 3 rings (SSSR count). The van der Waals surface area contributed by atoms with E-state index in [-0.39, 0.29) is 17.3 Å². The maximum absolute atomic E-state index is 13.4. The molecule has 2 aromatic carbocycles. The van der Waals surface area contributed by atoms with Crippen molar-refractivity contribution in [1.82, 2.24) is 10.2 Å². The average molecular weight is 464 g/mol. The van der Waals surface area contributed by atoms with Gasteiger partial charge in [0.05, 0.1) is 10.6 Å². The second-order valence-corrected chi connectivity index (χ2v) is 10.1. The molecule has 0 spiro atoms. The van der Waals surface area contributed by atoms with Gasteiger partial charge in [0.25, 0.3) is 10.0 Å². The quantitative estimate of drug-likeness (QED) is 0.573. The first kappa shape index (κ1) is 23.6. The van der Waals surface area contributed by atoms with Gasteiger partial charge in [-0.15, -0.1) is 0 Å². The number of carbonyl (C=O) groups is 1. The fraction of sp³-hybridized carbons (Fsp3) is 0.435. The van der Waals surface area contributed by atoms with Crippen LogP contribution in [0.5, 0.6) is 0 Å². The highest BCUT2D eigenvalue weighted by atomic mass is 35.5. The number of carbonyl (C=O) groups excluding carboxylic acids is 1. The smallest absolute Gasteiger partial charge is 0.264 e. The molecule has 0 bridgehead atoms. The maximum atomic E-state index is 13.4. The molecule has 1 N–H and O–H groups in total. The molecule has 8 heteroatoms. The van der Waals surface area contributed by atoms with Gasteiger partial charge in [0, 0.05) is 11.6 Å². The van der Waals surface area contributed by atoms with Crippen LogP contribution in [0, 0.1) is 6.92 Å². The van der Waals surface area contributed by atoms with Gasteiger partial charge in [-0.1, -0.05) is 42.3 Å². The van der Waals surface area contributed by atoms with E-state index in [4.69, 9.17) is 11.6 Å². The van der Waals surface area contributed by atoms with E-state index >= 15 is 0 Å². The van der Waals surface area contributed by atoms with E-state index in [0.29, 0.717) is 22.8 Å². The van der Waals surface area contributed by atoms with Gasteiger partial charge < -0.3 is 10.2 Å². The summed E-state index contributed by atoms with van der Waals surface area (Å²) >= 11 is 6.24. The predicted octanol–water partition coefficient (Wildman–Crippen LogP) is 3.84. The topological polar surface area (TPSA) is 69.7 Å². The number of anilines is 1. The molecule has 0 radical (unpaired) electrons. The first-order valence-corrected chi connectivity index (χ1v) is 12.5. The predicted molar refractivity (Wildman–Crippen MR) is 125 cm³/mol. The molecule has 1 aliphatic rings. The maximum Gasteiger partial charge on any atom is 0.264 e. The zero-order valence-corrected chi connectivity index (χ0v) is 19.5. The van der Waals surface area contributed by atoms with Crippen molar-refractivity contribution in [3.8, 4) is 0 Å². The van der Waals surface area contributed by atoms with Gasteiger partial charge in [-0.25, -0.2) is 8.42 Å². The van der Waals surface area contributed by atoms with E-state index in [0.717, 1.165) is 30.4 Å². The molecule has 31 heavy (non-hydrogen) atoms. The van der Waals surface area contributed by atoms with Gasteiger partial charge in [-0.2, -0.15) is 0 Å². The third-order valence-corrected chi connectivity index (χ3v) is 7.73. The number of rotatable bonds is 9. The minimum absolute atomic E-state index is 0.132. The number of likely N-dealkylation sites (tertiary alicyclic amines) is 1. The van der Waals surface area contributed by atoms with Crippen LogP contribution < -0.4 is 9.62 Å². The molecule has 0 atom stereocenters. The lowest BCUT2D eigenvalue weighted by molar-refractivity contribution is -0.119. The molecule has 0 unspecified atom stereocenters. The van der Waals surface area contributed by atoms with Crippen LogP contribution in [0.25, 0.3) is 0 Å². The molecule has 2 aromatic rings. The van der Waals surface area contributed by atoms with Crippen LogP contribution in [-0.2, 0) is 14.8 Å². The van der Waals surface area contributed by atoms with E-state index < -0.39 is 10.0 Å². The Kier molecular flexibility index (Phi) is 8.35. The zero-order valence-electron chi connectivity index (χ0n) is 17.9. The molecule has 1 heterocycles. The Morgan fingerprint density at radius 1 is 1.06 bits per heavy atom. The first-order valence-electron chi connectivity index (χ1n) is 10.7. The van der Waals surface area contributed by atoms with Crippen LogP contribution in [0.15, 0.2) is 53.4 Å². The van der Waals surface area contributed by atoms with Crippen molar-refractivity contribution in [3.05, 3.63) is 59.1 Å². The Balaban J connectivity index is 1.71. The van der Waals surface area contributed by atoms with Gasteiger partial charge >= 0.3 is 0 Å². The number of sulfonamides is 1. The summed E-state index contributed by atoms with van der Waals surface area (Å²) in [6.07, 6.45) is 4.60. The van der Waals surface area contributed by atoms with Crippen molar-refractivity contribution in [2.24, 2.45) is 0 Å². The Hall–Kier alpha value is -2.09. The number of hydrogen-bond donors (Lipinski definition) is 1. The highest BCUT2D eigenvalue weighted by Gasteiger charge is 2.28. The first-order chi connectivity index (χ1) is 14.9. The number of hydrogen-bond acceptors (Lipinski definition) is 4. The van der Waals surface area contributed by atoms with Gasteiger partial charge in [-0.05, 0) is 75.6 Å². The lowest BCUT2D eigenvalue weighted by Crippen LogP contribution is -2.42. The lowest BCUT2D eigenvalue weighted by atomic mass is 10.1. The third kappa shape index (κ3) is 6.21. The van der Waals surface area contributed by atoms with Gasteiger partial charge in [0.2, 0.25) is 5.91 Å². The second kappa shape index (κ2) is 11.0. The van der Waals surface area contributed by atoms with E-state index in [9.17, 15) is 13.2 Å². The largest absolute Gasteiger partial charge is 0.354 e. The van der Waals surface area contributed by atoms with Crippen LogP contribution in [0.4, 0.5) is 5.69 Å². The number of benzene rings is 2. The fourth-order valence-electron chi connectivity index (χ4n) is 3.79. The summed E-state index contributed by atoms with van der Waals surface area (Å²) < 4.78 is 27.9. The second-order valence-electron chi connectivity index (χ2n) is 7.81. The minimum Gasteiger partial charge on any atom is -0.354 e. The Morgan fingerprint density at radius 3 is 2.48 bits per heavy atom. The molecule has 1 amide bonds. The van der Waals surface area contributed by atoms with Crippen molar-refractivity contribution in [2.45, 2.75) is 37.5 Å². The molecule has 168 valence electrons. The number of piperidine rings is 1. The van der Waals surface area contributed by atoms with E-state index in [1.807, 2.05) is 0 Å². The minimum atomic E-state index is -3.93. The Labute approximate surface area is 190 Å². The number of nitrogens with zero attached hydrogens (tertiary/aromatic N) is 2. The van der Waals surface area contributed by atoms with Crippen LogP contribution in [0.1, 0.15) is 31.2 Å². The number of halogens is 1. The molecule has 1 aliphatic heterocycles. The Bertz CT molecular complexity index is 977. The van der Waals surface area contributed by atoms with E-state index in [1.165, 1.54) is 31.4 Å². The highest BCUT2D eigenvalue weighted by Crippen LogP contribution is 2.30. The summed E-state index contributed by atoms with van der Waals surface area (Å²) in [7, 11) is -3.93. The van der Waals surface area contributed by atoms with E-state index in [1.54, 1.807) is 43.3 Å². The number of nitrogens with one attached hydrogen (secondary N) is 1. The molecular formula is C23H30ClN3O3S. The molecule has 0 saturated carbocycles. The summed E-state index contributed by atoms with van der Waals surface area (Å²) in [6.45, 7) is 5.14. The van der Waals surface area contributed by atoms with Crippen molar-refractivity contribution in [3.63, 3.8) is 0 Å². The van der Waals surface area contributed by atoms with Gasteiger partial charge in [0.15, 0.2) is 0 Å². The summed E-state index contributed by atoms with van der Waals surface area (Å²) in [5.74, 6) is -0.336. The van der Waals surface area contributed by atoms with Gasteiger partial charge in [-0.3, -0.25) is 9.10 Å². The van der Waals surface area contributed by atoms with E-state index in [2.05, 4.69) is 10.2 Å². The monoisotopic (exact) mass is 463 g/mol. The number of amides is 1. The molecule has 1 fully saturated rings. The highest BCUT2D eigenvalue weighted by molar-refractivity contribution is 7.92. The molecular weight excluding hydrogens is 434 g/mol. The SMILES string of the molecule is Cc1c(Cl)cccc1N(CC(=O)NCCCN1CCCCC1)S(=O)(=O)c1ccccc1. The van der Waals surface area contributed by atoms with Crippen LogP contribution >= 0.6 is 11.6 Å². The van der Waals surface area contributed by atoms with Crippen molar-refractivity contribution < 1.29 is 13.2 Å². The normalized spacial score (nSPS) is 14.9.